The number of anilines is 1. The molecule has 0 spiro atoms. The number of hydrogen-bond donors (Lipinski definition) is 3. The van der Waals surface area contributed by atoms with Gasteiger partial charge in [-0.25, -0.2) is 9.78 Å². The lowest BCUT2D eigenvalue weighted by atomic mass is 9.85. The fourth-order valence-electron chi connectivity index (χ4n) is 3.74. The predicted octanol–water partition coefficient (Wildman–Crippen LogP) is 2.57. The topological polar surface area (TPSA) is 77.5 Å². The monoisotopic (exact) mass is 346 g/mol. The van der Waals surface area contributed by atoms with Crippen molar-refractivity contribution in [1.29, 1.82) is 0 Å². The van der Waals surface area contributed by atoms with Gasteiger partial charge in [-0.2, -0.15) is 0 Å². The molecule has 0 bridgehead atoms. The predicted molar refractivity (Wildman–Crippen MR) is 98.6 cm³/mol. The molecule has 0 radical (unpaired) electrons. The van der Waals surface area contributed by atoms with Crippen LogP contribution in [0.1, 0.15) is 56.9 Å². The number of urea groups is 1. The zero-order valence-electron chi connectivity index (χ0n) is 15.0. The second-order valence-electron chi connectivity index (χ2n) is 7.39. The number of carbonyl (C=O) groups excluding carboxylic acids is 1. The van der Waals surface area contributed by atoms with Crippen molar-refractivity contribution in [3.8, 4) is 0 Å². The number of piperidine rings is 1. The number of amides is 2. The molecule has 6 nitrogen and oxygen atoms in total. The summed E-state index contributed by atoms with van der Waals surface area (Å²) in [7, 11) is 0. The smallest absolute Gasteiger partial charge is 0.315 e. The molecule has 1 saturated carbocycles. The summed E-state index contributed by atoms with van der Waals surface area (Å²) in [6.45, 7) is 2.91. The number of rotatable bonds is 5. The molecular weight excluding hydrogens is 316 g/mol. The number of nitrogens with one attached hydrogen (secondary N) is 2. The molecule has 2 heterocycles. The van der Waals surface area contributed by atoms with E-state index in [-0.39, 0.29) is 6.03 Å². The molecule has 0 aromatic carbocycles. The Bertz CT molecular complexity index is 566. The second-order valence-corrected chi connectivity index (χ2v) is 7.39. The van der Waals surface area contributed by atoms with Gasteiger partial charge in [0.05, 0.1) is 5.60 Å². The van der Waals surface area contributed by atoms with E-state index in [1.807, 2.05) is 12.3 Å². The summed E-state index contributed by atoms with van der Waals surface area (Å²) in [4.78, 5) is 18.8. The van der Waals surface area contributed by atoms with Crippen LogP contribution >= 0.6 is 0 Å². The molecular formula is C19H30N4O2. The number of carbonyl (C=O) groups is 1. The lowest BCUT2D eigenvalue weighted by Gasteiger charge is -2.32. The van der Waals surface area contributed by atoms with Crippen LogP contribution in [-0.4, -0.2) is 41.4 Å². The van der Waals surface area contributed by atoms with Crippen LogP contribution in [0.25, 0.3) is 0 Å². The lowest BCUT2D eigenvalue weighted by molar-refractivity contribution is 0.00719. The van der Waals surface area contributed by atoms with Crippen molar-refractivity contribution in [2.24, 2.45) is 0 Å². The first-order valence-electron chi connectivity index (χ1n) is 9.59. The Morgan fingerprint density at radius 1 is 1.12 bits per heavy atom. The summed E-state index contributed by atoms with van der Waals surface area (Å²) in [6.07, 6.45) is 10.3. The molecule has 1 saturated heterocycles. The molecule has 1 aliphatic carbocycles. The van der Waals surface area contributed by atoms with Crippen LogP contribution < -0.4 is 15.5 Å². The van der Waals surface area contributed by atoms with Gasteiger partial charge in [-0.05, 0) is 49.8 Å². The number of pyridine rings is 1. The Morgan fingerprint density at radius 2 is 1.84 bits per heavy atom. The van der Waals surface area contributed by atoms with Gasteiger partial charge in [-0.1, -0.05) is 19.3 Å². The number of aliphatic hydroxyl groups is 1. The highest BCUT2D eigenvalue weighted by atomic mass is 16.3. The van der Waals surface area contributed by atoms with Crippen LogP contribution in [0.15, 0.2) is 18.3 Å². The Hall–Kier alpha value is -1.82. The van der Waals surface area contributed by atoms with Gasteiger partial charge in [0, 0.05) is 32.4 Å². The van der Waals surface area contributed by atoms with Crippen molar-refractivity contribution in [3.05, 3.63) is 23.9 Å². The van der Waals surface area contributed by atoms with Gasteiger partial charge in [0.2, 0.25) is 0 Å². The highest BCUT2D eigenvalue weighted by Gasteiger charge is 2.29. The Kier molecular flexibility index (Phi) is 6.13. The molecule has 3 N–H and O–H groups in total. The molecule has 138 valence electrons. The van der Waals surface area contributed by atoms with E-state index in [4.69, 9.17) is 0 Å². The Morgan fingerprint density at radius 3 is 2.60 bits per heavy atom. The number of aromatic nitrogens is 1. The molecule has 1 aromatic rings. The average Bonchev–Trinajstić information content (AvgIpc) is 2.66. The lowest BCUT2D eigenvalue weighted by Crippen LogP contribution is -2.47. The maximum absolute atomic E-state index is 12.0. The average molecular weight is 346 g/mol. The molecule has 25 heavy (non-hydrogen) atoms. The van der Waals surface area contributed by atoms with Crippen molar-refractivity contribution < 1.29 is 9.90 Å². The van der Waals surface area contributed by atoms with E-state index in [1.54, 1.807) is 0 Å². The third-order valence-corrected chi connectivity index (χ3v) is 5.31. The van der Waals surface area contributed by atoms with Gasteiger partial charge in [0.1, 0.15) is 5.82 Å². The molecule has 1 aliphatic heterocycles. The van der Waals surface area contributed by atoms with Crippen LogP contribution in [-0.2, 0) is 6.54 Å². The highest BCUT2D eigenvalue weighted by Crippen LogP contribution is 2.27. The molecule has 6 heteroatoms. The summed E-state index contributed by atoms with van der Waals surface area (Å²) >= 11 is 0. The number of nitrogens with zero attached hydrogens (tertiary/aromatic N) is 2. The van der Waals surface area contributed by atoms with E-state index in [0.29, 0.717) is 13.1 Å². The largest absolute Gasteiger partial charge is 0.388 e. The fourth-order valence-corrected chi connectivity index (χ4v) is 3.74. The maximum atomic E-state index is 12.0. The van der Waals surface area contributed by atoms with E-state index in [0.717, 1.165) is 50.2 Å². The van der Waals surface area contributed by atoms with Gasteiger partial charge in [0.25, 0.3) is 0 Å². The normalized spacial score (nSPS) is 20.1. The summed E-state index contributed by atoms with van der Waals surface area (Å²) in [5.74, 6) is 0.996. The van der Waals surface area contributed by atoms with Gasteiger partial charge >= 0.3 is 6.03 Å². The third kappa shape index (κ3) is 5.33. The molecule has 0 unspecified atom stereocenters. The van der Waals surface area contributed by atoms with E-state index < -0.39 is 5.60 Å². The summed E-state index contributed by atoms with van der Waals surface area (Å²) in [6, 6.07) is 3.76. The van der Waals surface area contributed by atoms with Gasteiger partial charge in [0.15, 0.2) is 0 Å². The van der Waals surface area contributed by atoms with Crippen LogP contribution in [0, 0.1) is 0 Å². The third-order valence-electron chi connectivity index (χ3n) is 5.31. The standard InChI is InChI=1S/C19H30N4O2/c24-18(22-15-19(25)8-3-1-4-9-19)21-14-16-7-10-20-17(13-16)23-11-5-2-6-12-23/h7,10,13,25H,1-6,8-9,11-12,14-15H2,(H2,21,22,24). The molecule has 2 aliphatic rings. The first-order chi connectivity index (χ1) is 12.1. The minimum absolute atomic E-state index is 0.227. The van der Waals surface area contributed by atoms with Crippen molar-refractivity contribution in [1.82, 2.24) is 15.6 Å². The van der Waals surface area contributed by atoms with Crippen LogP contribution in [0.5, 0.6) is 0 Å². The van der Waals surface area contributed by atoms with E-state index in [2.05, 4.69) is 26.6 Å². The van der Waals surface area contributed by atoms with Crippen LogP contribution in [0.2, 0.25) is 0 Å². The van der Waals surface area contributed by atoms with Crippen molar-refractivity contribution >= 4 is 11.8 Å². The summed E-state index contributed by atoms with van der Waals surface area (Å²) in [5.41, 5.74) is 0.315. The zero-order chi connectivity index (χ0) is 17.5. The van der Waals surface area contributed by atoms with E-state index in [9.17, 15) is 9.90 Å². The van der Waals surface area contributed by atoms with Crippen molar-refractivity contribution in [2.45, 2.75) is 63.5 Å². The van der Waals surface area contributed by atoms with Gasteiger partial charge < -0.3 is 20.6 Å². The molecule has 2 amide bonds. The fraction of sp³-hybridized carbons (Fsp3) is 0.684. The number of hydrogen-bond acceptors (Lipinski definition) is 4. The quantitative estimate of drug-likeness (QED) is 0.766. The second kappa shape index (κ2) is 8.52. The van der Waals surface area contributed by atoms with E-state index in [1.165, 1.54) is 25.7 Å². The minimum atomic E-state index is -0.728. The Balaban J connectivity index is 1.45. The molecule has 1 aromatic heterocycles. The highest BCUT2D eigenvalue weighted by molar-refractivity contribution is 5.73. The Labute approximate surface area is 150 Å². The molecule has 2 fully saturated rings. The molecule has 3 rings (SSSR count). The SMILES string of the molecule is O=C(NCc1ccnc(N2CCCCC2)c1)NCC1(O)CCCCC1. The van der Waals surface area contributed by atoms with Gasteiger partial charge in [-0.3, -0.25) is 0 Å². The van der Waals surface area contributed by atoms with Crippen molar-refractivity contribution in [3.63, 3.8) is 0 Å². The maximum Gasteiger partial charge on any atom is 0.315 e. The first-order valence-corrected chi connectivity index (χ1v) is 9.59. The molecule has 0 atom stereocenters. The van der Waals surface area contributed by atoms with E-state index >= 15 is 0 Å². The first kappa shape index (κ1) is 18.0. The summed E-state index contributed by atoms with van der Waals surface area (Å²) in [5, 5.41) is 16.1. The zero-order valence-corrected chi connectivity index (χ0v) is 15.0. The van der Waals surface area contributed by atoms with Gasteiger partial charge in [-0.15, -0.1) is 0 Å². The minimum Gasteiger partial charge on any atom is -0.388 e. The van der Waals surface area contributed by atoms with Crippen LogP contribution in [0.4, 0.5) is 10.6 Å². The van der Waals surface area contributed by atoms with Crippen LogP contribution in [0.3, 0.4) is 0 Å². The van der Waals surface area contributed by atoms with Crippen molar-refractivity contribution in [2.75, 3.05) is 24.5 Å². The summed E-state index contributed by atoms with van der Waals surface area (Å²) < 4.78 is 0.